The van der Waals surface area contributed by atoms with E-state index in [0.717, 1.165) is 25.7 Å². The van der Waals surface area contributed by atoms with Gasteiger partial charge in [0.25, 0.3) is 5.91 Å². The molecule has 1 amide bonds. The summed E-state index contributed by atoms with van der Waals surface area (Å²) in [7, 11) is -3.36. The van der Waals surface area contributed by atoms with Crippen LogP contribution in [0, 0.1) is 0 Å². The van der Waals surface area contributed by atoms with Gasteiger partial charge in [-0.1, -0.05) is 26.2 Å². The lowest BCUT2D eigenvalue weighted by molar-refractivity contribution is -0.154. The Morgan fingerprint density at radius 1 is 1.04 bits per heavy atom. The van der Waals surface area contributed by atoms with Crippen LogP contribution >= 0.6 is 7.60 Å². The Labute approximate surface area is 139 Å². The van der Waals surface area contributed by atoms with E-state index >= 15 is 0 Å². The molecule has 1 unspecified atom stereocenters. The molecule has 0 aliphatic carbocycles. The minimum atomic E-state index is -3.36. The summed E-state index contributed by atoms with van der Waals surface area (Å²) < 4.78 is 27.6. The Morgan fingerprint density at radius 2 is 1.65 bits per heavy atom. The van der Waals surface area contributed by atoms with E-state index in [9.17, 15) is 14.2 Å². The highest BCUT2D eigenvalue weighted by molar-refractivity contribution is 7.53. The third-order valence-corrected chi connectivity index (χ3v) is 4.87. The minimum absolute atomic E-state index is 0.220. The molecule has 0 fully saturated rings. The average Bonchev–Trinajstić information content (AvgIpc) is 2.48. The smallest absolute Gasteiger partial charge is 0.349 e. The molecule has 0 radical (unpaired) electrons. The van der Waals surface area contributed by atoms with Crippen molar-refractivity contribution in [1.29, 1.82) is 0 Å². The van der Waals surface area contributed by atoms with Gasteiger partial charge >= 0.3 is 13.6 Å². The van der Waals surface area contributed by atoms with Crippen LogP contribution in [0.5, 0.6) is 0 Å². The second-order valence-corrected chi connectivity index (χ2v) is 7.15. The maximum absolute atomic E-state index is 12.3. The molecule has 136 valence electrons. The van der Waals surface area contributed by atoms with Gasteiger partial charge in [-0.3, -0.25) is 14.2 Å². The van der Waals surface area contributed by atoms with E-state index in [4.69, 9.17) is 13.8 Å². The summed E-state index contributed by atoms with van der Waals surface area (Å²) in [5, 5.41) is 2.51. The van der Waals surface area contributed by atoms with Crippen molar-refractivity contribution in [3.8, 4) is 0 Å². The molecule has 8 heteroatoms. The summed E-state index contributed by atoms with van der Waals surface area (Å²) in [5.41, 5.74) is 0. The molecule has 0 bridgehead atoms. The number of amides is 1. The Bertz CT molecular complexity index is 391. The first kappa shape index (κ1) is 22.1. The van der Waals surface area contributed by atoms with E-state index in [-0.39, 0.29) is 19.5 Å². The fraction of sp³-hybridized carbons (Fsp3) is 0.867. The second-order valence-electron chi connectivity index (χ2n) is 5.09. The minimum Gasteiger partial charge on any atom is -0.452 e. The van der Waals surface area contributed by atoms with Crippen molar-refractivity contribution in [2.75, 3.05) is 19.5 Å². The van der Waals surface area contributed by atoms with Gasteiger partial charge < -0.3 is 19.1 Å². The fourth-order valence-corrected chi connectivity index (χ4v) is 3.40. The lowest BCUT2D eigenvalue weighted by atomic mass is 10.1. The molecular weight excluding hydrogens is 321 g/mol. The quantitative estimate of drug-likeness (QED) is 0.311. The summed E-state index contributed by atoms with van der Waals surface area (Å²) >= 11 is 0. The third kappa shape index (κ3) is 10.5. The van der Waals surface area contributed by atoms with E-state index in [1.54, 1.807) is 13.8 Å². The molecule has 0 saturated carbocycles. The molecule has 0 aromatic carbocycles. The van der Waals surface area contributed by atoms with E-state index in [1.165, 1.54) is 6.92 Å². The SMILES string of the molecule is CCCCCCC(OC(C)=O)C(=O)NCP(=O)(OCC)OCC. The third-order valence-electron chi connectivity index (χ3n) is 3.02. The topological polar surface area (TPSA) is 90.9 Å². The predicted octanol–water partition coefficient (Wildman–Crippen LogP) is 3.23. The van der Waals surface area contributed by atoms with Gasteiger partial charge in [0.1, 0.15) is 6.29 Å². The van der Waals surface area contributed by atoms with Gasteiger partial charge in [0.2, 0.25) is 0 Å². The molecule has 0 aliphatic rings. The maximum Gasteiger partial charge on any atom is 0.349 e. The lowest BCUT2D eigenvalue weighted by Gasteiger charge is -2.20. The Kier molecular flexibility index (Phi) is 12.0. The summed E-state index contributed by atoms with van der Waals surface area (Å²) in [5.74, 6) is -0.991. The van der Waals surface area contributed by atoms with Crippen molar-refractivity contribution in [3.05, 3.63) is 0 Å². The van der Waals surface area contributed by atoms with Crippen LogP contribution in [0.25, 0.3) is 0 Å². The zero-order valence-corrected chi connectivity index (χ0v) is 15.5. The number of esters is 1. The van der Waals surface area contributed by atoms with Crippen LogP contribution in [0.1, 0.15) is 59.8 Å². The zero-order valence-electron chi connectivity index (χ0n) is 14.6. The summed E-state index contributed by atoms with van der Waals surface area (Å²) in [4.78, 5) is 23.3. The van der Waals surface area contributed by atoms with Gasteiger partial charge in [-0.25, -0.2) is 0 Å². The van der Waals surface area contributed by atoms with Crippen molar-refractivity contribution in [1.82, 2.24) is 5.32 Å². The van der Waals surface area contributed by atoms with Crippen LogP contribution in [-0.2, 0) is 27.9 Å². The standard InChI is InChI=1S/C15H30NO6P/c1-5-8-9-10-11-14(22-13(4)17)15(18)16-12-23(19,20-6-2)21-7-3/h14H,5-12H2,1-4H3,(H,16,18). The van der Waals surface area contributed by atoms with Gasteiger partial charge in [-0.15, -0.1) is 0 Å². The number of carbonyl (C=O) groups excluding carboxylic acids is 2. The molecule has 0 heterocycles. The molecular formula is C15H30NO6P. The first-order valence-electron chi connectivity index (χ1n) is 8.21. The van der Waals surface area contributed by atoms with Gasteiger partial charge in [0.05, 0.1) is 13.2 Å². The Balaban J connectivity index is 4.55. The lowest BCUT2D eigenvalue weighted by Crippen LogP contribution is -2.38. The monoisotopic (exact) mass is 351 g/mol. The highest BCUT2D eigenvalue weighted by Gasteiger charge is 2.27. The Morgan fingerprint density at radius 3 is 2.13 bits per heavy atom. The highest BCUT2D eigenvalue weighted by atomic mass is 31.2. The molecule has 0 aliphatic heterocycles. The zero-order chi connectivity index (χ0) is 17.7. The average molecular weight is 351 g/mol. The van der Waals surface area contributed by atoms with E-state index in [2.05, 4.69) is 12.2 Å². The van der Waals surface area contributed by atoms with E-state index < -0.39 is 25.6 Å². The van der Waals surface area contributed by atoms with Crippen LogP contribution in [-0.4, -0.2) is 37.5 Å². The normalized spacial score (nSPS) is 12.7. The summed E-state index contributed by atoms with van der Waals surface area (Å²) in [6, 6.07) is 0. The molecule has 7 nitrogen and oxygen atoms in total. The molecule has 0 spiro atoms. The van der Waals surface area contributed by atoms with Crippen LogP contribution in [0.4, 0.5) is 0 Å². The first-order chi connectivity index (χ1) is 10.9. The molecule has 0 saturated heterocycles. The molecule has 23 heavy (non-hydrogen) atoms. The number of hydrogen-bond acceptors (Lipinski definition) is 6. The number of ether oxygens (including phenoxy) is 1. The molecule has 0 aromatic rings. The predicted molar refractivity (Wildman–Crippen MR) is 88.2 cm³/mol. The number of unbranched alkanes of at least 4 members (excludes halogenated alkanes) is 3. The van der Waals surface area contributed by atoms with Crippen LogP contribution in [0.3, 0.4) is 0 Å². The molecule has 0 aromatic heterocycles. The number of nitrogens with one attached hydrogen (secondary N) is 1. The largest absolute Gasteiger partial charge is 0.452 e. The van der Waals surface area contributed by atoms with Gasteiger partial charge in [0, 0.05) is 6.92 Å². The van der Waals surface area contributed by atoms with Gasteiger partial charge in [0.15, 0.2) is 6.10 Å². The van der Waals surface area contributed by atoms with Crippen LogP contribution in [0.15, 0.2) is 0 Å². The van der Waals surface area contributed by atoms with Crippen molar-refractivity contribution >= 4 is 19.5 Å². The highest BCUT2D eigenvalue weighted by Crippen LogP contribution is 2.46. The number of rotatable bonds is 13. The fourth-order valence-electron chi connectivity index (χ4n) is 2.01. The van der Waals surface area contributed by atoms with Crippen LogP contribution < -0.4 is 5.32 Å². The van der Waals surface area contributed by atoms with Crippen molar-refractivity contribution < 1.29 is 27.9 Å². The second kappa shape index (κ2) is 12.5. The molecule has 1 N–H and O–H groups in total. The number of carbonyl (C=O) groups is 2. The van der Waals surface area contributed by atoms with Crippen molar-refractivity contribution in [2.45, 2.75) is 65.9 Å². The van der Waals surface area contributed by atoms with Crippen molar-refractivity contribution in [2.24, 2.45) is 0 Å². The number of hydrogen-bond donors (Lipinski definition) is 1. The molecule has 0 rings (SSSR count). The van der Waals surface area contributed by atoms with Gasteiger partial charge in [-0.2, -0.15) is 0 Å². The van der Waals surface area contributed by atoms with Gasteiger partial charge in [-0.05, 0) is 26.7 Å². The van der Waals surface area contributed by atoms with E-state index in [1.807, 2.05) is 0 Å². The van der Waals surface area contributed by atoms with Crippen molar-refractivity contribution in [3.63, 3.8) is 0 Å². The molecule has 1 atom stereocenters. The van der Waals surface area contributed by atoms with Crippen LogP contribution in [0.2, 0.25) is 0 Å². The maximum atomic E-state index is 12.3. The first-order valence-corrected chi connectivity index (χ1v) is 9.94. The summed E-state index contributed by atoms with van der Waals surface area (Å²) in [6.07, 6.45) is 3.24. The van der Waals surface area contributed by atoms with E-state index in [0.29, 0.717) is 6.42 Å². The summed E-state index contributed by atoms with van der Waals surface area (Å²) in [6.45, 7) is 7.19. The Hall–Kier alpha value is -0.910.